The maximum atomic E-state index is 12.8. The lowest BCUT2D eigenvalue weighted by Crippen LogP contribution is -2.23. The Balaban J connectivity index is 3.28. The predicted molar refractivity (Wildman–Crippen MR) is 47.1 cm³/mol. The van der Waals surface area contributed by atoms with Crippen LogP contribution in [0.4, 0.5) is 8.78 Å². The van der Waals surface area contributed by atoms with E-state index in [0.29, 0.717) is 17.9 Å². The molecular formula is C7H7BrF2N2O. The zero-order valence-corrected chi connectivity index (χ0v) is 8.36. The fourth-order valence-corrected chi connectivity index (χ4v) is 1.13. The van der Waals surface area contributed by atoms with E-state index in [-0.39, 0.29) is 0 Å². The Kier molecular flexibility index (Phi) is 2.80. The average molecular weight is 253 g/mol. The minimum atomic E-state index is -3.13. The molecule has 0 unspecified atom stereocenters. The first kappa shape index (κ1) is 10.3. The second-order valence-corrected chi connectivity index (χ2v) is 3.18. The van der Waals surface area contributed by atoms with Crippen molar-refractivity contribution in [1.29, 1.82) is 0 Å². The van der Waals surface area contributed by atoms with E-state index in [0.717, 1.165) is 6.07 Å². The third-order valence-corrected chi connectivity index (χ3v) is 2.04. The summed E-state index contributed by atoms with van der Waals surface area (Å²) in [7, 11) is 0. The zero-order valence-electron chi connectivity index (χ0n) is 6.77. The van der Waals surface area contributed by atoms with Gasteiger partial charge < -0.3 is 0 Å². The lowest BCUT2D eigenvalue weighted by Gasteiger charge is -2.08. The molecule has 0 bridgehead atoms. The molecule has 0 saturated heterocycles. The van der Waals surface area contributed by atoms with E-state index in [1.54, 1.807) is 0 Å². The Morgan fingerprint density at radius 3 is 2.77 bits per heavy atom. The molecule has 13 heavy (non-hydrogen) atoms. The molecule has 72 valence electrons. The van der Waals surface area contributed by atoms with Crippen LogP contribution in [0.3, 0.4) is 0 Å². The SMILES string of the molecule is CC(F)(F)c1cc(CBr)n[nH]c1=O. The van der Waals surface area contributed by atoms with E-state index >= 15 is 0 Å². The largest absolute Gasteiger partial charge is 0.275 e. The summed E-state index contributed by atoms with van der Waals surface area (Å²) in [6, 6.07) is 1.09. The molecule has 1 aromatic heterocycles. The van der Waals surface area contributed by atoms with Crippen molar-refractivity contribution >= 4 is 15.9 Å². The zero-order chi connectivity index (χ0) is 10.1. The second kappa shape index (κ2) is 3.53. The summed E-state index contributed by atoms with van der Waals surface area (Å²) in [5.74, 6) is -3.13. The van der Waals surface area contributed by atoms with Gasteiger partial charge in [-0.25, -0.2) is 13.9 Å². The first-order valence-corrected chi connectivity index (χ1v) is 4.60. The van der Waals surface area contributed by atoms with Crippen molar-refractivity contribution < 1.29 is 8.78 Å². The molecule has 0 spiro atoms. The molecule has 0 aliphatic rings. The molecule has 0 aliphatic heterocycles. The quantitative estimate of drug-likeness (QED) is 0.816. The van der Waals surface area contributed by atoms with Gasteiger partial charge in [-0.3, -0.25) is 4.79 Å². The summed E-state index contributed by atoms with van der Waals surface area (Å²) in [6.07, 6.45) is 0. The predicted octanol–water partition coefficient (Wildman–Crippen LogP) is 1.78. The van der Waals surface area contributed by atoms with Crippen LogP contribution in [0.25, 0.3) is 0 Å². The Bertz CT molecular complexity index is 358. The molecule has 0 saturated carbocycles. The number of aromatic amines is 1. The molecule has 0 aliphatic carbocycles. The van der Waals surface area contributed by atoms with E-state index in [1.165, 1.54) is 0 Å². The van der Waals surface area contributed by atoms with Gasteiger partial charge in [0.1, 0.15) is 0 Å². The second-order valence-electron chi connectivity index (χ2n) is 2.62. The van der Waals surface area contributed by atoms with Crippen LogP contribution in [-0.4, -0.2) is 10.2 Å². The van der Waals surface area contributed by atoms with Crippen molar-refractivity contribution in [3.05, 3.63) is 27.7 Å². The van der Waals surface area contributed by atoms with Crippen LogP contribution >= 0.6 is 15.9 Å². The molecule has 1 rings (SSSR count). The molecule has 1 heterocycles. The summed E-state index contributed by atoms with van der Waals surface area (Å²) >= 11 is 3.05. The first-order chi connectivity index (χ1) is 5.95. The highest BCUT2D eigenvalue weighted by molar-refractivity contribution is 9.08. The summed E-state index contributed by atoms with van der Waals surface area (Å²) in [4.78, 5) is 10.9. The van der Waals surface area contributed by atoms with Crippen LogP contribution in [0.1, 0.15) is 18.2 Å². The average Bonchev–Trinajstić information content (AvgIpc) is 2.03. The molecule has 0 fully saturated rings. The Morgan fingerprint density at radius 2 is 2.31 bits per heavy atom. The van der Waals surface area contributed by atoms with Crippen LogP contribution < -0.4 is 5.56 Å². The Labute approximate surface area is 81.3 Å². The monoisotopic (exact) mass is 252 g/mol. The first-order valence-electron chi connectivity index (χ1n) is 3.48. The van der Waals surface area contributed by atoms with E-state index in [1.807, 2.05) is 5.10 Å². The molecule has 0 amide bonds. The molecule has 6 heteroatoms. The van der Waals surface area contributed by atoms with Gasteiger partial charge in [0.25, 0.3) is 11.5 Å². The van der Waals surface area contributed by atoms with E-state index < -0.39 is 17.0 Å². The Morgan fingerprint density at radius 1 is 1.69 bits per heavy atom. The third-order valence-electron chi connectivity index (χ3n) is 1.47. The van der Waals surface area contributed by atoms with E-state index in [4.69, 9.17) is 0 Å². The standard InChI is InChI=1S/C7H7BrF2N2O/c1-7(9,10)5-2-4(3-8)11-12-6(5)13/h2H,3H2,1H3,(H,12,13). The van der Waals surface area contributed by atoms with Gasteiger partial charge in [-0.1, -0.05) is 15.9 Å². The highest BCUT2D eigenvalue weighted by atomic mass is 79.9. The number of alkyl halides is 3. The third kappa shape index (κ3) is 2.33. The fourth-order valence-electron chi connectivity index (χ4n) is 0.842. The number of hydrogen-bond acceptors (Lipinski definition) is 2. The van der Waals surface area contributed by atoms with Crippen molar-refractivity contribution in [3.8, 4) is 0 Å². The van der Waals surface area contributed by atoms with Crippen molar-refractivity contribution in [1.82, 2.24) is 10.2 Å². The van der Waals surface area contributed by atoms with Gasteiger partial charge in [0.2, 0.25) is 0 Å². The van der Waals surface area contributed by atoms with Crippen molar-refractivity contribution in [2.24, 2.45) is 0 Å². The molecule has 3 nitrogen and oxygen atoms in total. The van der Waals surface area contributed by atoms with Crippen LogP contribution in [0, 0.1) is 0 Å². The summed E-state index contributed by atoms with van der Waals surface area (Å²) in [5.41, 5.74) is -1.04. The number of halogens is 3. The van der Waals surface area contributed by atoms with E-state index in [9.17, 15) is 13.6 Å². The van der Waals surface area contributed by atoms with Gasteiger partial charge in [0.15, 0.2) is 0 Å². The van der Waals surface area contributed by atoms with Gasteiger partial charge >= 0.3 is 0 Å². The van der Waals surface area contributed by atoms with E-state index in [2.05, 4.69) is 21.0 Å². The number of H-pyrrole nitrogens is 1. The molecule has 1 aromatic rings. The molecule has 0 atom stereocenters. The normalized spacial score (nSPS) is 11.7. The van der Waals surface area contributed by atoms with Crippen LogP contribution in [-0.2, 0) is 11.3 Å². The smallest absolute Gasteiger partial charge is 0.267 e. The minimum Gasteiger partial charge on any atom is -0.267 e. The maximum Gasteiger partial charge on any atom is 0.275 e. The molecule has 1 N–H and O–H groups in total. The van der Waals surface area contributed by atoms with Crippen molar-refractivity contribution in [2.75, 3.05) is 0 Å². The van der Waals surface area contributed by atoms with Gasteiger partial charge in [-0.2, -0.15) is 5.10 Å². The van der Waals surface area contributed by atoms with Gasteiger partial charge in [0.05, 0.1) is 11.3 Å². The lowest BCUT2D eigenvalue weighted by atomic mass is 10.1. The van der Waals surface area contributed by atoms with Gasteiger partial charge in [0, 0.05) is 12.3 Å². The fraction of sp³-hybridized carbons (Fsp3) is 0.429. The maximum absolute atomic E-state index is 12.8. The molecule has 0 radical (unpaired) electrons. The van der Waals surface area contributed by atoms with Crippen LogP contribution in [0.15, 0.2) is 10.9 Å². The number of nitrogens with zero attached hydrogens (tertiary/aromatic N) is 1. The topological polar surface area (TPSA) is 45.8 Å². The van der Waals surface area contributed by atoms with Crippen molar-refractivity contribution in [3.63, 3.8) is 0 Å². The van der Waals surface area contributed by atoms with Crippen molar-refractivity contribution in [2.45, 2.75) is 18.2 Å². The molecule has 0 aromatic carbocycles. The Hall–Kier alpha value is -0.780. The highest BCUT2D eigenvalue weighted by Gasteiger charge is 2.28. The minimum absolute atomic E-state index is 0.326. The summed E-state index contributed by atoms with van der Waals surface area (Å²) in [6.45, 7) is 0.676. The number of hydrogen-bond donors (Lipinski definition) is 1. The van der Waals surface area contributed by atoms with Crippen LogP contribution in [0.5, 0.6) is 0 Å². The lowest BCUT2D eigenvalue weighted by molar-refractivity contribution is 0.0157. The summed E-state index contributed by atoms with van der Waals surface area (Å²) < 4.78 is 25.5. The number of nitrogens with one attached hydrogen (secondary N) is 1. The molecular weight excluding hydrogens is 246 g/mol. The van der Waals surface area contributed by atoms with Gasteiger partial charge in [-0.05, 0) is 6.07 Å². The number of aromatic nitrogens is 2. The summed E-state index contributed by atoms with van der Waals surface area (Å²) in [5, 5.41) is 5.89. The van der Waals surface area contributed by atoms with Gasteiger partial charge in [-0.15, -0.1) is 0 Å². The van der Waals surface area contributed by atoms with Crippen LogP contribution in [0.2, 0.25) is 0 Å². The number of rotatable bonds is 2. The highest BCUT2D eigenvalue weighted by Crippen LogP contribution is 2.23.